The van der Waals surface area contributed by atoms with Crippen molar-refractivity contribution in [1.82, 2.24) is 10.2 Å². The van der Waals surface area contributed by atoms with E-state index in [1.807, 2.05) is 0 Å². The summed E-state index contributed by atoms with van der Waals surface area (Å²) in [6.07, 6.45) is 0. The second-order valence-electron chi connectivity index (χ2n) is 2.50. The van der Waals surface area contributed by atoms with Gasteiger partial charge in [-0.3, -0.25) is 0 Å². The summed E-state index contributed by atoms with van der Waals surface area (Å²) in [6, 6.07) is 4.98. The summed E-state index contributed by atoms with van der Waals surface area (Å²) >= 11 is 16.1. The number of rotatable bonds is 2. The minimum absolute atomic E-state index is 0.422. The Kier molecular flexibility index (Phi) is 3.45. The number of ether oxygens (including phenoxy) is 1. The molecular formula is C8H3BrCl2N2OS. The highest BCUT2D eigenvalue weighted by atomic mass is 79.9. The van der Waals surface area contributed by atoms with Crippen LogP contribution in [0.25, 0.3) is 0 Å². The minimum Gasteiger partial charge on any atom is -0.428 e. The summed E-state index contributed by atoms with van der Waals surface area (Å²) in [7, 11) is 0. The lowest BCUT2D eigenvalue weighted by Crippen LogP contribution is -1.84. The molecule has 0 atom stereocenters. The van der Waals surface area contributed by atoms with E-state index in [-0.39, 0.29) is 0 Å². The third kappa shape index (κ3) is 2.81. The summed E-state index contributed by atoms with van der Waals surface area (Å²) in [5, 5.41) is 8.96. The Morgan fingerprint density at radius 3 is 2.67 bits per heavy atom. The summed E-state index contributed by atoms with van der Waals surface area (Å²) < 4.78 is 6.06. The number of halogens is 3. The zero-order valence-electron chi connectivity index (χ0n) is 7.08. The van der Waals surface area contributed by atoms with Crippen LogP contribution in [0, 0.1) is 0 Å². The van der Waals surface area contributed by atoms with Crippen molar-refractivity contribution in [3.05, 3.63) is 32.2 Å². The van der Waals surface area contributed by atoms with Crippen LogP contribution in [-0.4, -0.2) is 10.2 Å². The molecule has 0 saturated heterocycles. The molecule has 1 aromatic heterocycles. The van der Waals surface area contributed by atoms with Gasteiger partial charge in [-0.1, -0.05) is 28.3 Å². The summed E-state index contributed by atoms with van der Waals surface area (Å²) in [6.45, 7) is 0. The van der Waals surface area contributed by atoms with Gasteiger partial charge in [-0.05, 0) is 45.5 Å². The summed E-state index contributed by atoms with van der Waals surface area (Å²) in [4.78, 5) is 0. The Hall–Kier alpha value is -0.360. The van der Waals surface area contributed by atoms with E-state index in [2.05, 4.69) is 26.1 Å². The smallest absolute Gasteiger partial charge is 0.300 e. The molecule has 0 saturated carbocycles. The zero-order valence-corrected chi connectivity index (χ0v) is 11.0. The Bertz CT molecular complexity index is 491. The molecule has 0 aliphatic rings. The van der Waals surface area contributed by atoms with Gasteiger partial charge in [-0.15, -0.1) is 5.10 Å². The largest absolute Gasteiger partial charge is 0.428 e. The van der Waals surface area contributed by atoms with Gasteiger partial charge in [0.15, 0.2) is 3.92 Å². The fourth-order valence-electron chi connectivity index (χ4n) is 0.886. The van der Waals surface area contributed by atoms with Crippen molar-refractivity contribution >= 4 is 50.5 Å². The molecule has 1 heterocycles. The quantitative estimate of drug-likeness (QED) is 0.820. The molecule has 0 aliphatic carbocycles. The number of hydrogen-bond acceptors (Lipinski definition) is 4. The number of benzene rings is 1. The van der Waals surface area contributed by atoms with Crippen LogP contribution in [-0.2, 0) is 0 Å². The van der Waals surface area contributed by atoms with Crippen LogP contribution in [0.1, 0.15) is 0 Å². The lowest BCUT2D eigenvalue weighted by molar-refractivity contribution is 0.473. The van der Waals surface area contributed by atoms with Crippen LogP contribution in [0.4, 0.5) is 0 Å². The average Bonchev–Trinajstić information content (AvgIpc) is 2.56. The molecule has 15 heavy (non-hydrogen) atoms. The second kappa shape index (κ2) is 4.65. The van der Waals surface area contributed by atoms with E-state index in [4.69, 9.17) is 27.9 Å². The van der Waals surface area contributed by atoms with E-state index in [0.29, 0.717) is 24.9 Å². The fraction of sp³-hybridized carbons (Fsp3) is 0. The van der Waals surface area contributed by atoms with Gasteiger partial charge in [-0.2, -0.15) is 0 Å². The van der Waals surface area contributed by atoms with Gasteiger partial charge >= 0.3 is 0 Å². The van der Waals surface area contributed by atoms with E-state index in [9.17, 15) is 0 Å². The number of nitrogens with zero attached hydrogens (tertiary/aromatic N) is 2. The molecule has 0 unspecified atom stereocenters. The standard InChI is InChI=1S/C8H3BrCl2N2OS/c9-7-12-13-8(15-7)14-6-2-1-4(10)3-5(6)11/h1-3H. The first-order valence-corrected chi connectivity index (χ1v) is 6.13. The van der Waals surface area contributed by atoms with Crippen LogP contribution in [0.15, 0.2) is 22.1 Å². The lowest BCUT2D eigenvalue weighted by atomic mass is 10.3. The van der Waals surface area contributed by atoms with Crippen LogP contribution in [0.2, 0.25) is 10.0 Å². The molecule has 0 bridgehead atoms. The Balaban J connectivity index is 2.24. The number of aromatic nitrogens is 2. The molecule has 3 nitrogen and oxygen atoms in total. The SMILES string of the molecule is Clc1ccc(Oc2nnc(Br)s2)c(Cl)c1. The molecule has 7 heteroatoms. The van der Waals surface area contributed by atoms with E-state index >= 15 is 0 Å². The molecule has 0 amide bonds. The van der Waals surface area contributed by atoms with Crippen molar-refractivity contribution in [3.8, 4) is 10.9 Å². The fourth-order valence-corrected chi connectivity index (χ4v) is 2.27. The highest BCUT2D eigenvalue weighted by Gasteiger charge is 2.07. The molecule has 2 rings (SSSR count). The molecule has 0 radical (unpaired) electrons. The predicted octanol–water partition coefficient (Wildman–Crippen LogP) is 4.40. The molecule has 0 aliphatic heterocycles. The first-order valence-electron chi connectivity index (χ1n) is 3.77. The van der Waals surface area contributed by atoms with Crippen LogP contribution in [0.3, 0.4) is 0 Å². The van der Waals surface area contributed by atoms with Crippen molar-refractivity contribution in [2.75, 3.05) is 0 Å². The Morgan fingerprint density at radius 2 is 2.07 bits per heavy atom. The van der Waals surface area contributed by atoms with E-state index in [1.165, 1.54) is 11.3 Å². The predicted molar refractivity (Wildman–Crippen MR) is 64.1 cm³/mol. The third-order valence-electron chi connectivity index (χ3n) is 1.47. The normalized spacial score (nSPS) is 10.3. The molecule has 2 aromatic rings. The molecule has 78 valence electrons. The highest BCUT2D eigenvalue weighted by molar-refractivity contribution is 9.11. The van der Waals surface area contributed by atoms with Gasteiger partial charge in [0.1, 0.15) is 5.75 Å². The van der Waals surface area contributed by atoms with Crippen molar-refractivity contribution in [1.29, 1.82) is 0 Å². The Morgan fingerprint density at radius 1 is 1.27 bits per heavy atom. The third-order valence-corrected chi connectivity index (χ3v) is 3.24. The summed E-state index contributed by atoms with van der Waals surface area (Å²) in [5.41, 5.74) is 0. The van der Waals surface area contributed by atoms with Crippen molar-refractivity contribution < 1.29 is 4.74 Å². The topological polar surface area (TPSA) is 35.0 Å². The first kappa shape index (κ1) is 11.1. The average molecular weight is 326 g/mol. The van der Waals surface area contributed by atoms with E-state index in [1.54, 1.807) is 18.2 Å². The van der Waals surface area contributed by atoms with Gasteiger partial charge < -0.3 is 4.74 Å². The molecule has 0 N–H and O–H groups in total. The molecular weight excluding hydrogens is 323 g/mol. The maximum absolute atomic E-state index is 5.92. The Labute approximate surface area is 108 Å². The van der Waals surface area contributed by atoms with Crippen LogP contribution in [0.5, 0.6) is 10.9 Å². The highest BCUT2D eigenvalue weighted by Crippen LogP contribution is 2.33. The van der Waals surface area contributed by atoms with Crippen LogP contribution < -0.4 is 4.74 Å². The molecule has 1 aromatic carbocycles. The lowest BCUT2D eigenvalue weighted by Gasteiger charge is -2.02. The van der Waals surface area contributed by atoms with Crippen LogP contribution >= 0.6 is 50.5 Å². The minimum atomic E-state index is 0.422. The zero-order chi connectivity index (χ0) is 10.8. The summed E-state index contributed by atoms with van der Waals surface area (Å²) in [5.74, 6) is 0.504. The molecule has 0 spiro atoms. The maximum atomic E-state index is 5.92. The van der Waals surface area contributed by atoms with Gasteiger partial charge in [-0.25, -0.2) is 0 Å². The monoisotopic (exact) mass is 324 g/mol. The van der Waals surface area contributed by atoms with E-state index < -0.39 is 0 Å². The van der Waals surface area contributed by atoms with Gasteiger partial charge in [0.25, 0.3) is 5.19 Å². The van der Waals surface area contributed by atoms with Gasteiger partial charge in [0.05, 0.1) is 5.02 Å². The molecule has 0 fully saturated rings. The number of hydrogen-bond donors (Lipinski definition) is 0. The first-order chi connectivity index (χ1) is 7.15. The van der Waals surface area contributed by atoms with E-state index in [0.717, 1.165) is 0 Å². The second-order valence-corrected chi connectivity index (χ2v) is 5.56. The van der Waals surface area contributed by atoms with Gasteiger partial charge in [0.2, 0.25) is 0 Å². The van der Waals surface area contributed by atoms with Gasteiger partial charge in [0, 0.05) is 5.02 Å². The van der Waals surface area contributed by atoms with Crippen molar-refractivity contribution in [2.24, 2.45) is 0 Å². The van der Waals surface area contributed by atoms with Crippen molar-refractivity contribution in [2.45, 2.75) is 0 Å². The maximum Gasteiger partial charge on any atom is 0.300 e. The van der Waals surface area contributed by atoms with Crippen molar-refractivity contribution in [3.63, 3.8) is 0 Å².